The molecule has 0 unspecified atom stereocenters. The van der Waals surface area contributed by atoms with E-state index in [0.717, 1.165) is 0 Å². The molecule has 0 spiro atoms. The summed E-state index contributed by atoms with van der Waals surface area (Å²) in [5.41, 5.74) is -1.07. The van der Waals surface area contributed by atoms with Crippen molar-refractivity contribution in [3.8, 4) is 5.75 Å². The summed E-state index contributed by atoms with van der Waals surface area (Å²) in [7, 11) is 0. The Labute approximate surface area is 84.4 Å². The van der Waals surface area contributed by atoms with Crippen LogP contribution in [-0.4, -0.2) is 6.36 Å². The monoisotopic (exact) mass is 248 g/mol. The highest BCUT2D eigenvalue weighted by Crippen LogP contribution is 2.33. The second-order valence-corrected chi connectivity index (χ2v) is 2.76. The van der Waals surface area contributed by atoms with Gasteiger partial charge in [0.15, 0.2) is 11.6 Å². The summed E-state index contributed by atoms with van der Waals surface area (Å²) in [5, 5.41) is 0. The molecule has 0 atom stereocenters. The number of hydrogen-bond donors (Lipinski definition) is 0. The molecule has 0 aliphatic heterocycles. The Hall–Kier alpha value is -1.47. The van der Waals surface area contributed by atoms with E-state index in [9.17, 15) is 30.7 Å². The molecule has 8 heteroatoms. The van der Waals surface area contributed by atoms with E-state index >= 15 is 0 Å². The van der Waals surface area contributed by atoms with Crippen LogP contribution in [-0.2, 0) is 0 Å². The number of benzene rings is 1. The maximum atomic E-state index is 12.8. The lowest BCUT2D eigenvalue weighted by atomic mass is 10.2. The number of alkyl halides is 3. The van der Waals surface area contributed by atoms with Crippen LogP contribution >= 0.6 is 0 Å². The van der Waals surface area contributed by atoms with E-state index < -0.39 is 40.9 Å². The van der Waals surface area contributed by atoms with E-state index in [1.807, 2.05) is 0 Å². The molecule has 0 aromatic heterocycles. The van der Waals surface area contributed by atoms with Gasteiger partial charge in [0, 0.05) is 5.56 Å². The fraction of sp³-hybridized carbons (Fsp3) is 0.250. The molecule has 0 saturated carbocycles. The van der Waals surface area contributed by atoms with Crippen LogP contribution in [0, 0.1) is 30.2 Å². The Morgan fingerprint density at radius 1 is 0.812 bits per heavy atom. The minimum Gasteiger partial charge on any atom is -0.399 e. The molecule has 0 aliphatic carbocycles. The summed E-state index contributed by atoms with van der Waals surface area (Å²) in [6.45, 7) is 0.675. The normalized spacial score (nSPS) is 11.8. The Bertz CT molecular complexity index is 394. The third-order valence-corrected chi connectivity index (χ3v) is 1.66. The van der Waals surface area contributed by atoms with Crippen molar-refractivity contribution in [2.75, 3.05) is 0 Å². The van der Waals surface area contributed by atoms with Crippen LogP contribution in [0.15, 0.2) is 0 Å². The minimum atomic E-state index is -5.45. The summed E-state index contributed by atoms with van der Waals surface area (Å²) in [4.78, 5) is 0. The molecule has 0 amide bonds. The predicted octanol–water partition coefficient (Wildman–Crippen LogP) is 3.45. The Kier molecular flexibility index (Phi) is 3.02. The van der Waals surface area contributed by atoms with Gasteiger partial charge in [-0.05, 0) is 6.92 Å². The fourth-order valence-electron chi connectivity index (χ4n) is 0.927. The molecular formula is C8H3F7O. The van der Waals surface area contributed by atoms with Crippen molar-refractivity contribution in [1.29, 1.82) is 0 Å². The van der Waals surface area contributed by atoms with Crippen molar-refractivity contribution in [2.45, 2.75) is 13.3 Å². The molecule has 0 fully saturated rings. The zero-order valence-electron chi connectivity index (χ0n) is 7.55. The van der Waals surface area contributed by atoms with Crippen LogP contribution in [0.25, 0.3) is 0 Å². The third kappa shape index (κ3) is 2.20. The molecule has 1 nitrogen and oxygen atoms in total. The Morgan fingerprint density at radius 3 is 1.50 bits per heavy atom. The highest BCUT2D eigenvalue weighted by atomic mass is 19.4. The first-order chi connectivity index (χ1) is 7.15. The molecule has 1 aromatic carbocycles. The van der Waals surface area contributed by atoms with Crippen LogP contribution in [0.1, 0.15) is 5.56 Å². The molecule has 0 aliphatic rings. The molecule has 1 rings (SSSR count). The lowest BCUT2D eigenvalue weighted by Gasteiger charge is -2.12. The Morgan fingerprint density at radius 2 is 1.19 bits per heavy atom. The lowest BCUT2D eigenvalue weighted by Crippen LogP contribution is -2.20. The quantitative estimate of drug-likeness (QED) is 0.546. The molecule has 1 aromatic rings. The topological polar surface area (TPSA) is 9.23 Å². The average Bonchev–Trinajstić information content (AvgIpc) is 2.17. The van der Waals surface area contributed by atoms with Gasteiger partial charge in [-0.25, -0.2) is 8.78 Å². The molecule has 0 radical (unpaired) electrons. The summed E-state index contributed by atoms with van der Waals surface area (Å²) >= 11 is 0. The highest BCUT2D eigenvalue weighted by molar-refractivity contribution is 5.33. The maximum absolute atomic E-state index is 12.8. The van der Waals surface area contributed by atoms with Gasteiger partial charge in [-0.3, -0.25) is 0 Å². The zero-order valence-corrected chi connectivity index (χ0v) is 7.55. The van der Waals surface area contributed by atoms with Gasteiger partial charge in [-0.1, -0.05) is 0 Å². The summed E-state index contributed by atoms with van der Waals surface area (Å²) in [5.74, 6) is -10.5. The minimum absolute atomic E-state index is 0.675. The van der Waals surface area contributed by atoms with E-state index in [4.69, 9.17) is 0 Å². The number of halogens is 7. The molecule has 16 heavy (non-hydrogen) atoms. The van der Waals surface area contributed by atoms with Crippen LogP contribution in [0.5, 0.6) is 5.75 Å². The van der Waals surface area contributed by atoms with Crippen molar-refractivity contribution in [1.82, 2.24) is 0 Å². The zero-order chi connectivity index (χ0) is 12.7. The van der Waals surface area contributed by atoms with Crippen LogP contribution < -0.4 is 4.74 Å². The summed E-state index contributed by atoms with van der Waals surface area (Å²) in [6.07, 6.45) is -5.45. The largest absolute Gasteiger partial charge is 0.573 e. The van der Waals surface area contributed by atoms with Crippen molar-refractivity contribution < 1.29 is 35.5 Å². The average molecular weight is 248 g/mol. The van der Waals surface area contributed by atoms with Gasteiger partial charge in [-0.15, -0.1) is 13.2 Å². The predicted molar refractivity (Wildman–Crippen MR) is 37.7 cm³/mol. The smallest absolute Gasteiger partial charge is 0.399 e. The molecule has 90 valence electrons. The van der Waals surface area contributed by atoms with E-state index in [0.29, 0.717) is 6.92 Å². The van der Waals surface area contributed by atoms with Crippen LogP contribution in [0.2, 0.25) is 0 Å². The van der Waals surface area contributed by atoms with Crippen molar-refractivity contribution in [2.24, 2.45) is 0 Å². The molecule has 0 saturated heterocycles. The third-order valence-electron chi connectivity index (χ3n) is 1.66. The van der Waals surface area contributed by atoms with Crippen LogP contribution in [0.4, 0.5) is 30.7 Å². The molecule has 0 bridgehead atoms. The van der Waals surface area contributed by atoms with Gasteiger partial charge in [0.2, 0.25) is 17.4 Å². The van der Waals surface area contributed by atoms with Crippen molar-refractivity contribution in [3.05, 3.63) is 28.8 Å². The molecular weight excluding hydrogens is 245 g/mol. The standard InChI is InChI=1S/C8H3F7O/c1-2-3(9)5(11)7(6(12)4(2)10)16-8(13,14)15/h1H3. The molecule has 0 N–H and O–H groups in total. The number of ether oxygens (including phenoxy) is 1. The number of rotatable bonds is 1. The first kappa shape index (κ1) is 12.6. The van der Waals surface area contributed by atoms with Gasteiger partial charge in [-0.2, -0.15) is 8.78 Å². The molecule has 0 heterocycles. The second-order valence-electron chi connectivity index (χ2n) is 2.76. The summed E-state index contributed by atoms with van der Waals surface area (Å²) in [6, 6.07) is 0. The van der Waals surface area contributed by atoms with Crippen LogP contribution in [0.3, 0.4) is 0 Å². The number of hydrogen-bond acceptors (Lipinski definition) is 1. The van der Waals surface area contributed by atoms with E-state index in [2.05, 4.69) is 4.74 Å². The maximum Gasteiger partial charge on any atom is 0.573 e. The van der Waals surface area contributed by atoms with Crippen molar-refractivity contribution >= 4 is 0 Å². The van der Waals surface area contributed by atoms with Gasteiger partial charge in [0.05, 0.1) is 0 Å². The summed E-state index contributed by atoms with van der Waals surface area (Å²) < 4.78 is 89.1. The first-order valence-electron chi connectivity index (χ1n) is 3.73. The van der Waals surface area contributed by atoms with Gasteiger partial charge >= 0.3 is 6.36 Å². The van der Waals surface area contributed by atoms with E-state index in [-0.39, 0.29) is 0 Å². The van der Waals surface area contributed by atoms with Gasteiger partial charge < -0.3 is 4.74 Å². The highest BCUT2D eigenvalue weighted by Gasteiger charge is 2.36. The second kappa shape index (κ2) is 3.84. The van der Waals surface area contributed by atoms with Gasteiger partial charge in [0.25, 0.3) is 0 Å². The Balaban J connectivity index is 3.40. The lowest BCUT2D eigenvalue weighted by molar-refractivity contribution is -0.276. The SMILES string of the molecule is Cc1c(F)c(F)c(OC(F)(F)F)c(F)c1F. The van der Waals surface area contributed by atoms with Crippen molar-refractivity contribution in [3.63, 3.8) is 0 Å². The fourth-order valence-corrected chi connectivity index (χ4v) is 0.927. The first-order valence-corrected chi connectivity index (χ1v) is 3.73. The van der Waals surface area contributed by atoms with E-state index in [1.54, 1.807) is 0 Å². The van der Waals surface area contributed by atoms with Gasteiger partial charge in [0.1, 0.15) is 0 Å². The van der Waals surface area contributed by atoms with E-state index in [1.165, 1.54) is 0 Å².